The van der Waals surface area contributed by atoms with Gasteiger partial charge in [-0.05, 0) is 13.8 Å². The molecule has 2 rings (SSSR count). The first-order chi connectivity index (χ1) is 10.1. The molecule has 1 atom stereocenters. The molecule has 3 N–H and O–H groups in total. The number of hydrogen-bond acceptors (Lipinski definition) is 8. The molecule has 1 aromatic heterocycles. The summed E-state index contributed by atoms with van der Waals surface area (Å²) in [6, 6.07) is 0.252. The van der Waals surface area contributed by atoms with E-state index in [4.69, 9.17) is 5.11 Å². The number of aliphatic hydroxyl groups is 1. The number of hydrogen-bond donors (Lipinski definition) is 3. The molecule has 8 heteroatoms. The predicted octanol–water partition coefficient (Wildman–Crippen LogP) is 1.04. The van der Waals surface area contributed by atoms with Crippen molar-refractivity contribution in [3.63, 3.8) is 0 Å². The minimum absolute atomic E-state index is 0.0470. The number of anilines is 3. The summed E-state index contributed by atoms with van der Waals surface area (Å²) in [5.41, 5.74) is 0. The van der Waals surface area contributed by atoms with Crippen molar-refractivity contribution < 1.29 is 5.11 Å². The second-order valence-corrected chi connectivity index (χ2v) is 6.91. The van der Waals surface area contributed by atoms with Crippen LogP contribution < -0.4 is 15.5 Å². The Bertz CT molecular complexity index is 458. The van der Waals surface area contributed by atoms with Crippen LogP contribution >= 0.6 is 11.8 Å². The van der Waals surface area contributed by atoms with Gasteiger partial charge in [0.05, 0.1) is 6.61 Å². The molecule has 2 heterocycles. The van der Waals surface area contributed by atoms with Crippen LogP contribution in [-0.4, -0.2) is 63.3 Å². The first kappa shape index (κ1) is 16.1. The van der Waals surface area contributed by atoms with Gasteiger partial charge < -0.3 is 20.6 Å². The summed E-state index contributed by atoms with van der Waals surface area (Å²) < 4.78 is 0. The highest BCUT2D eigenvalue weighted by Crippen LogP contribution is 2.22. The molecule has 0 spiro atoms. The first-order valence-corrected chi connectivity index (χ1v) is 8.37. The van der Waals surface area contributed by atoms with Crippen LogP contribution in [0.5, 0.6) is 0 Å². The van der Waals surface area contributed by atoms with Gasteiger partial charge in [0.15, 0.2) is 0 Å². The SMILES string of the molecule is CC(C)Nc1nc(NCCO)nc(N2CCSC(C)C2)n1. The lowest BCUT2D eigenvalue weighted by atomic mass is 10.4. The summed E-state index contributed by atoms with van der Waals surface area (Å²) in [5, 5.41) is 15.7. The minimum Gasteiger partial charge on any atom is -0.395 e. The maximum atomic E-state index is 8.93. The van der Waals surface area contributed by atoms with Gasteiger partial charge in [-0.25, -0.2) is 0 Å². The molecule has 0 aromatic carbocycles. The maximum absolute atomic E-state index is 8.93. The predicted molar refractivity (Wildman–Crippen MR) is 88.3 cm³/mol. The van der Waals surface area contributed by atoms with E-state index in [9.17, 15) is 0 Å². The van der Waals surface area contributed by atoms with Gasteiger partial charge in [-0.2, -0.15) is 26.7 Å². The molecule has 0 amide bonds. The Morgan fingerprint density at radius 1 is 1.33 bits per heavy atom. The van der Waals surface area contributed by atoms with Crippen molar-refractivity contribution in [2.24, 2.45) is 0 Å². The van der Waals surface area contributed by atoms with E-state index in [-0.39, 0.29) is 12.6 Å². The van der Waals surface area contributed by atoms with Gasteiger partial charge in [0.2, 0.25) is 17.8 Å². The third-order valence-corrected chi connectivity index (χ3v) is 4.10. The van der Waals surface area contributed by atoms with Crippen LogP contribution in [0.4, 0.5) is 17.8 Å². The van der Waals surface area contributed by atoms with Gasteiger partial charge in [-0.15, -0.1) is 0 Å². The molecule has 0 aliphatic carbocycles. The lowest BCUT2D eigenvalue weighted by Gasteiger charge is -2.30. The first-order valence-electron chi connectivity index (χ1n) is 7.32. The number of aliphatic hydroxyl groups excluding tert-OH is 1. The van der Waals surface area contributed by atoms with Gasteiger partial charge in [-0.1, -0.05) is 6.92 Å². The zero-order valence-corrected chi connectivity index (χ0v) is 13.7. The molecular formula is C13H24N6OS. The molecule has 1 aliphatic rings. The molecule has 21 heavy (non-hydrogen) atoms. The molecule has 0 bridgehead atoms. The summed E-state index contributed by atoms with van der Waals surface area (Å²) in [6.07, 6.45) is 0. The number of rotatable bonds is 6. The summed E-state index contributed by atoms with van der Waals surface area (Å²) in [6.45, 7) is 8.67. The quantitative estimate of drug-likeness (QED) is 0.718. The lowest BCUT2D eigenvalue weighted by Crippen LogP contribution is -2.38. The van der Waals surface area contributed by atoms with Gasteiger partial charge >= 0.3 is 0 Å². The van der Waals surface area contributed by atoms with Crippen molar-refractivity contribution in [2.75, 3.05) is 47.5 Å². The average molecular weight is 312 g/mol. The van der Waals surface area contributed by atoms with E-state index in [2.05, 4.69) is 37.4 Å². The third-order valence-electron chi connectivity index (χ3n) is 2.96. The Hall–Kier alpha value is -1.28. The highest BCUT2D eigenvalue weighted by Gasteiger charge is 2.20. The topological polar surface area (TPSA) is 86.2 Å². The van der Waals surface area contributed by atoms with Crippen molar-refractivity contribution in [1.29, 1.82) is 0 Å². The Kier molecular flexibility index (Phi) is 5.86. The Morgan fingerprint density at radius 3 is 2.76 bits per heavy atom. The monoisotopic (exact) mass is 312 g/mol. The zero-order chi connectivity index (χ0) is 15.2. The van der Waals surface area contributed by atoms with E-state index in [0.717, 1.165) is 18.8 Å². The normalized spacial score (nSPS) is 18.9. The molecular weight excluding hydrogens is 288 g/mol. The number of thioether (sulfide) groups is 1. The van der Waals surface area contributed by atoms with E-state index in [1.807, 2.05) is 25.6 Å². The molecule has 0 radical (unpaired) electrons. The van der Waals surface area contributed by atoms with E-state index in [0.29, 0.717) is 29.6 Å². The summed E-state index contributed by atoms with van der Waals surface area (Å²) in [7, 11) is 0. The van der Waals surface area contributed by atoms with Crippen LogP contribution in [0.15, 0.2) is 0 Å². The molecule has 0 saturated carbocycles. The van der Waals surface area contributed by atoms with Gasteiger partial charge in [0.25, 0.3) is 0 Å². The van der Waals surface area contributed by atoms with Crippen molar-refractivity contribution >= 4 is 29.6 Å². The van der Waals surface area contributed by atoms with Crippen molar-refractivity contribution in [1.82, 2.24) is 15.0 Å². The van der Waals surface area contributed by atoms with E-state index in [1.54, 1.807) is 0 Å². The van der Waals surface area contributed by atoms with Crippen LogP contribution in [0, 0.1) is 0 Å². The molecule has 1 aromatic rings. The van der Waals surface area contributed by atoms with Gasteiger partial charge in [0.1, 0.15) is 0 Å². The fraction of sp³-hybridized carbons (Fsp3) is 0.769. The van der Waals surface area contributed by atoms with Gasteiger partial charge in [-0.3, -0.25) is 0 Å². The van der Waals surface area contributed by atoms with E-state index >= 15 is 0 Å². The Labute approximate surface area is 130 Å². The van der Waals surface area contributed by atoms with E-state index < -0.39 is 0 Å². The van der Waals surface area contributed by atoms with Crippen LogP contribution in [-0.2, 0) is 0 Å². The average Bonchev–Trinajstić information content (AvgIpc) is 2.44. The summed E-state index contributed by atoms with van der Waals surface area (Å²) in [4.78, 5) is 15.5. The molecule has 1 fully saturated rings. The fourth-order valence-electron chi connectivity index (χ4n) is 2.08. The van der Waals surface area contributed by atoms with Crippen molar-refractivity contribution in [2.45, 2.75) is 32.1 Å². The van der Waals surface area contributed by atoms with Crippen LogP contribution in [0.3, 0.4) is 0 Å². The third kappa shape index (κ3) is 4.89. The van der Waals surface area contributed by atoms with Crippen LogP contribution in [0.2, 0.25) is 0 Å². The smallest absolute Gasteiger partial charge is 0.232 e. The van der Waals surface area contributed by atoms with Crippen LogP contribution in [0.1, 0.15) is 20.8 Å². The van der Waals surface area contributed by atoms with Crippen molar-refractivity contribution in [3.05, 3.63) is 0 Å². The molecule has 1 aliphatic heterocycles. The minimum atomic E-state index is 0.0470. The van der Waals surface area contributed by atoms with Gasteiger partial charge in [0, 0.05) is 36.7 Å². The number of nitrogens with one attached hydrogen (secondary N) is 2. The van der Waals surface area contributed by atoms with Crippen LogP contribution in [0.25, 0.3) is 0 Å². The summed E-state index contributed by atoms with van der Waals surface area (Å²) >= 11 is 1.97. The molecule has 118 valence electrons. The molecule has 7 nitrogen and oxygen atoms in total. The largest absolute Gasteiger partial charge is 0.395 e. The van der Waals surface area contributed by atoms with E-state index in [1.165, 1.54) is 0 Å². The standard InChI is InChI=1S/C13H24N6OS/c1-9(2)15-12-16-11(14-4-6-20)17-13(18-12)19-5-7-21-10(3)8-19/h9-10,20H,4-8H2,1-3H3,(H2,14,15,16,17,18). The number of aromatic nitrogens is 3. The highest BCUT2D eigenvalue weighted by molar-refractivity contribution is 8.00. The van der Waals surface area contributed by atoms with Crippen molar-refractivity contribution in [3.8, 4) is 0 Å². The Morgan fingerprint density at radius 2 is 2.10 bits per heavy atom. The molecule has 1 unspecified atom stereocenters. The molecule has 1 saturated heterocycles. The second-order valence-electron chi connectivity index (χ2n) is 5.36. The second kappa shape index (κ2) is 7.65. The summed E-state index contributed by atoms with van der Waals surface area (Å²) in [5.74, 6) is 2.85. The highest BCUT2D eigenvalue weighted by atomic mass is 32.2. The number of nitrogens with zero attached hydrogens (tertiary/aromatic N) is 4. The maximum Gasteiger partial charge on any atom is 0.232 e. The zero-order valence-electron chi connectivity index (χ0n) is 12.8. The Balaban J connectivity index is 2.20. The lowest BCUT2D eigenvalue weighted by molar-refractivity contribution is 0.311. The fourth-order valence-corrected chi connectivity index (χ4v) is 3.09.